The Morgan fingerprint density at radius 2 is 1.71 bits per heavy atom. The third-order valence-corrected chi connectivity index (χ3v) is 8.33. The number of benzene rings is 2. The highest BCUT2D eigenvalue weighted by Crippen LogP contribution is 2.32. The molecule has 0 radical (unpaired) electrons. The van der Waals surface area contributed by atoms with Crippen LogP contribution in [-0.2, 0) is 29.5 Å². The maximum atomic E-state index is 12.7. The highest BCUT2D eigenvalue weighted by molar-refractivity contribution is 8.01. The van der Waals surface area contributed by atoms with Crippen LogP contribution in [-0.4, -0.2) is 48.5 Å². The number of thioether (sulfide) groups is 2. The molecular weight excluding hydrogens is 503 g/mol. The van der Waals surface area contributed by atoms with E-state index in [-0.39, 0.29) is 23.3 Å². The maximum Gasteiger partial charge on any atom is 0.234 e. The van der Waals surface area contributed by atoms with E-state index in [2.05, 4.69) is 57.1 Å². The normalized spacial score (nSPS) is 11.1. The Hall–Kier alpha value is -2.96. The van der Waals surface area contributed by atoms with Crippen molar-refractivity contribution >= 4 is 68.3 Å². The second kappa shape index (κ2) is 11.6. The number of anilines is 2. The lowest BCUT2D eigenvalue weighted by Crippen LogP contribution is -2.16. The third kappa shape index (κ3) is 6.38. The molecule has 0 aliphatic rings. The Kier molecular flexibility index (Phi) is 8.37. The first kappa shape index (κ1) is 25.1. The van der Waals surface area contributed by atoms with Crippen LogP contribution < -0.4 is 10.6 Å². The quantitative estimate of drug-likeness (QED) is 0.292. The van der Waals surface area contributed by atoms with Crippen LogP contribution in [0.2, 0.25) is 0 Å². The van der Waals surface area contributed by atoms with Gasteiger partial charge in [0, 0.05) is 18.4 Å². The van der Waals surface area contributed by atoms with Crippen molar-refractivity contribution in [2.24, 2.45) is 7.05 Å². The Balaban J connectivity index is 1.34. The van der Waals surface area contributed by atoms with Crippen LogP contribution in [0.3, 0.4) is 0 Å². The van der Waals surface area contributed by atoms with E-state index in [0.29, 0.717) is 10.8 Å². The highest BCUT2D eigenvalue weighted by atomic mass is 32.2. The molecule has 0 unspecified atom stereocenters. The number of aromatic nitrogens is 5. The molecule has 0 saturated carbocycles. The number of para-hydroxylation sites is 1. The minimum atomic E-state index is -0.146. The van der Waals surface area contributed by atoms with Crippen molar-refractivity contribution in [2.75, 3.05) is 22.1 Å². The van der Waals surface area contributed by atoms with Gasteiger partial charge in [0.05, 0.1) is 21.7 Å². The van der Waals surface area contributed by atoms with Crippen molar-refractivity contribution in [3.05, 3.63) is 47.5 Å². The van der Waals surface area contributed by atoms with Gasteiger partial charge in [0.2, 0.25) is 17.0 Å². The van der Waals surface area contributed by atoms with Gasteiger partial charge >= 0.3 is 0 Å². The molecule has 2 heterocycles. The molecule has 4 aromatic rings. The number of thiazole rings is 1. The molecule has 0 aliphatic carbocycles. The zero-order valence-corrected chi connectivity index (χ0v) is 22.0. The molecule has 0 saturated heterocycles. The molecule has 0 fully saturated rings. The van der Waals surface area contributed by atoms with E-state index < -0.39 is 0 Å². The van der Waals surface area contributed by atoms with Crippen LogP contribution in [0.25, 0.3) is 10.2 Å². The molecule has 12 heteroatoms. The summed E-state index contributed by atoms with van der Waals surface area (Å²) in [6, 6.07) is 11.7. The van der Waals surface area contributed by atoms with Crippen LogP contribution in [0, 0.1) is 0 Å². The number of carbonyl (C=O) groups is 2. The predicted octanol–water partition coefficient (Wildman–Crippen LogP) is 4.41. The summed E-state index contributed by atoms with van der Waals surface area (Å²) in [5.74, 6) is 0.283. The van der Waals surface area contributed by atoms with Crippen molar-refractivity contribution < 1.29 is 9.59 Å². The molecular formula is C23H25N7O2S3. The van der Waals surface area contributed by atoms with E-state index in [1.54, 1.807) is 7.05 Å². The van der Waals surface area contributed by atoms with Crippen molar-refractivity contribution in [3.8, 4) is 0 Å². The highest BCUT2D eigenvalue weighted by Gasteiger charge is 2.13. The van der Waals surface area contributed by atoms with E-state index >= 15 is 0 Å². The lowest BCUT2D eigenvalue weighted by atomic mass is 10.0. The number of nitrogens with zero attached hydrogens (tertiary/aromatic N) is 5. The Labute approximate surface area is 215 Å². The summed E-state index contributed by atoms with van der Waals surface area (Å²) in [7, 11) is 1.73. The smallest absolute Gasteiger partial charge is 0.234 e. The summed E-state index contributed by atoms with van der Waals surface area (Å²) in [6.07, 6.45) is 1.73. The predicted molar refractivity (Wildman–Crippen MR) is 142 cm³/mol. The van der Waals surface area contributed by atoms with E-state index in [9.17, 15) is 9.59 Å². The number of hydrogen-bond donors (Lipinski definition) is 2. The average molecular weight is 528 g/mol. The molecule has 4 rings (SSSR count). The molecule has 2 aromatic heterocycles. The van der Waals surface area contributed by atoms with Crippen molar-refractivity contribution in [1.29, 1.82) is 0 Å². The van der Waals surface area contributed by atoms with E-state index in [1.165, 1.54) is 39.5 Å². The third-order valence-electron chi connectivity index (χ3n) is 5.16. The molecule has 2 amide bonds. The topological polar surface area (TPSA) is 115 Å². The van der Waals surface area contributed by atoms with Gasteiger partial charge in [-0.15, -0.1) is 16.4 Å². The zero-order chi connectivity index (χ0) is 24.8. The first-order valence-electron chi connectivity index (χ1n) is 11.1. The van der Waals surface area contributed by atoms with Gasteiger partial charge in [0.25, 0.3) is 0 Å². The number of hydrogen-bond acceptors (Lipinski definition) is 9. The largest absolute Gasteiger partial charge is 0.325 e. The minimum Gasteiger partial charge on any atom is -0.325 e. The lowest BCUT2D eigenvalue weighted by molar-refractivity contribution is -0.114. The molecule has 2 N–H and O–H groups in total. The molecule has 182 valence electrons. The van der Waals surface area contributed by atoms with Gasteiger partial charge < -0.3 is 10.6 Å². The summed E-state index contributed by atoms with van der Waals surface area (Å²) in [6.45, 7) is 4.18. The summed E-state index contributed by atoms with van der Waals surface area (Å²) >= 11 is 4.18. The number of carbonyl (C=O) groups excluding carboxylic acids is 2. The van der Waals surface area contributed by atoms with Gasteiger partial charge in [0.1, 0.15) is 0 Å². The van der Waals surface area contributed by atoms with E-state index in [4.69, 9.17) is 0 Å². The number of fused-ring (bicyclic) bond motifs is 1. The van der Waals surface area contributed by atoms with Crippen molar-refractivity contribution in [1.82, 2.24) is 25.2 Å². The van der Waals surface area contributed by atoms with E-state index in [0.717, 1.165) is 44.2 Å². The van der Waals surface area contributed by atoms with Gasteiger partial charge in [-0.25, -0.2) is 9.67 Å². The fraction of sp³-hybridized carbons (Fsp3) is 0.304. The summed E-state index contributed by atoms with van der Waals surface area (Å²) < 4.78 is 3.27. The fourth-order valence-corrected chi connectivity index (χ4v) is 5.98. The number of rotatable bonds is 10. The molecule has 0 spiro atoms. The van der Waals surface area contributed by atoms with Gasteiger partial charge in [-0.05, 0) is 52.6 Å². The van der Waals surface area contributed by atoms with Crippen LogP contribution in [0.5, 0.6) is 0 Å². The zero-order valence-electron chi connectivity index (χ0n) is 19.6. The molecule has 0 atom stereocenters. The maximum absolute atomic E-state index is 12.7. The second-order valence-electron chi connectivity index (χ2n) is 7.58. The average Bonchev–Trinajstić information content (AvgIpc) is 3.46. The monoisotopic (exact) mass is 527 g/mol. The summed E-state index contributed by atoms with van der Waals surface area (Å²) in [5, 5.41) is 17.7. The molecule has 35 heavy (non-hydrogen) atoms. The van der Waals surface area contributed by atoms with Crippen molar-refractivity contribution in [3.63, 3.8) is 0 Å². The van der Waals surface area contributed by atoms with E-state index in [1.807, 2.05) is 24.3 Å². The SMILES string of the molecule is CCc1cccc(CC)c1NC(=O)CSc1nc2ccc(NC(=O)CSc3nnnn3C)cc2s1. The standard InChI is InChI=1S/C23H25N7O2S3/c1-4-14-7-6-8-15(5-2)21(14)26-20(32)13-34-23-25-17-10-9-16(11-18(17)35-23)24-19(31)12-33-22-27-28-29-30(22)3/h6-11H,4-5,12-13H2,1-3H3,(H,24,31)(H,26,32). The molecule has 0 bridgehead atoms. The first-order chi connectivity index (χ1) is 17.0. The van der Waals surface area contributed by atoms with Gasteiger partial charge in [-0.2, -0.15) is 0 Å². The summed E-state index contributed by atoms with van der Waals surface area (Å²) in [4.78, 5) is 29.6. The van der Waals surface area contributed by atoms with Crippen LogP contribution in [0.1, 0.15) is 25.0 Å². The minimum absolute atomic E-state index is 0.0478. The van der Waals surface area contributed by atoms with Crippen LogP contribution in [0.15, 0.2) is 45.9 Å². The number of tetrazole rings is 1. The molecule has 2 aromatic carbocycles. The lowest BCUT2D eigenvalue weighted by Gasteiger charge is -2.14. The van der Waals surface area contributed by atoms with Crippen LogP contribution in [0.4, 0.5) is 11.4 Å². The number of aryl methyl sites for hydroxylation is 3. The Morgan fingerprint density at radius 3 is 2.40 bits per heavy atom. The second-order valence-corrected chi connectivity index (χ2v) is 10.8. The Bertz CT molecular complexity index is 1330. The fourth-order valence-electron chi connectivity index (χ4n) is 3.42. The molecule has 9 nitrogen and oxygen atoms in total. The molecule has 0 aliphatic heterocycles. The van der Waals surface area contributed by atoms with Gasteiger partial charge in [0.15, 0.2) is 4.34 Å². The van der Waals surface area contributed by atoms with Crippen LogP contribution >= 0.6 is 34.9 Å². The first-order valence-corrected chi connectivity index (χ1v) is 13.8. The van der Waals surface area contributed by atoms with Gasteiger partial charge in [-0.1, -0.05) is 55.6 Å². The van der Waals surface area contributed by atoms with Gasteiger partial charge in [-0.3, -0.25) is 9.59 Å². The Morgan fingerprint density at radius 1 is 1.00 bits per heavy atom. The number of nitrogens with one attached hydrogen (secondary N) is 2. The number of amides is 2. The van der Waals surface area contributed by atoms with Crippen molar-refractivity contribution in [2.45, 2.75) is 36.2 Å². The summed E-state index contributed by atoms with van der Waals surface area (Å²) in [5.41, 5.74) is 4.75.